The molecule has 0 aliphatic heterocycles. The van der Waals surface area contributed by atoms with Crippen molar-refractivity contribution in [3.8, 4) is 11.8 Å². The molecule has 0 saturated heterocycles. The summed E-state index contributed by atoms with van der Waals surface area (Å²) in [7, 11) is 0. The van der Waals surface area contributed by atoms with E-state index in [9.17, 15) is 0 Å². The van der Waals surface area contributed by atoms with Crippen LogP contribution in [0, 0.1) is 25.2 Å². The monoisotopic (exact) mass is 291 g/mol. The minimum absolute atomic E-state index is 0.535. The summed E-state index contributed by atoms with van der Waals surface area (Å²) in [5.74, 6) is 0.718. The highest BCUT2D eigenvalue weighted by Crippen LogP contribution is 2.18. The molecule has 0 radical (unpaired) electrons. The van der Waals surface area contributed by atoms with E-state index in [0.29, 0.717) is 12.2 Å². The lowest BCUT2D eigenvalue weighted by atomic mass is 10.1. The molecule has 1 aromatic heterocycles. The molecule has 0 bridgehead atoms. The van der Waals surface area contributed by atoms with Crippen LogP contribution in [0.25, 0.3) is 11.0 Å². The maximum atomic E-state index is 8.89. The molecular formula is C18H17N3O. The highest BCUT2D eigenvalue weighted by Gasteiger charge is 2.05. The summed E-state index contributed by atoms with van der Waals surface area (Å²) in [6.07, 6.45) is 1.85. The number of aryl methyl sites for hydroxylation is 2. The Hall–Kier alpha value is -2.80. The first-order valence-corrected chi connectivity index (χ1v) is 7.22. The van der Waals surface area contributed by atoms with Gasteiger partial charge in [0.05, 0.1) is 35.5 Å². The standard InChI is InChI=1S/C18H17N3O/c1-13-8-17-18(9-14(13)2)21(12-20-17)6-7-22-16-5-3-4-15(10-16)11-19/h3-5,8-10,12H,6-7H2,1-2H3. The van der Waals surface area contributed by atoms with Crippen molar-refractivity contribution in [3.63, 3.8) is 0 Å². The number of hydrogen-bond donors (Lipinski definition) is 0. The number of nitriles is 1. The smallest absolute Gasteiger partial charge is 0.120 e. The summed E-state index contributed by atoms with van der Waals surface area (Å²) in [5, 5.41) is 8.89. The quantitative estimate of drug-likeness (QED) is 0.738. The molecule has 0 atom stereocenters. The predicted octanol–water partition coefficient (Wildman–Crippen LogP) is 3.60. The van der Waals surface area contributed by atoms with Gasteiger partial charge in [0.1, 0.15) is 12.4 Å². The molecule has 2 aromatic carbocycles. The van der Waals surface area contributed by atoms with Gasteiger partial charge in [-0.3, -0.25) is 0 Å². The molecule has 1 heterocycles. The summed E-state index contributed by atoms with van der Waals surface area (Å²) in [6, 6.07) is 13.6. The summed E-state index contributed by atoms with van der Waals surface area (Å²) >= 11 is 0. The Morgan fingerprint density at radius 2 is 2.00 bits per heavy atom. The largest absolute Gasteiger partial charge is 0.492 e. The van der Waals surface area contributed by atoms with E-state index in [1.165, 1.54) is 11.1 Å². The van der Waals surface area contributed by atoms with Gasteiger partial charge >= 0.3 is 0 Å². The van der Waals surface area contributed by atoms with E-state index in [2.05, 4.69) is 41.6 Å². The third-order valence-corrected chi connectivity index (χ3v) is 3.80. The normalized spacial score (nSPS) is 10.6. The molecule has 0 amide bonds. The number of nitrogens with zero attached hydrogens (tertiary/aromatic N) is 3. The van der Waals surface area contributed by atoms with E-state index in [1.807, 2.05) is 18.5 Å². The van der Waals surface area contributed by atoms with Gasteiger partial charge in [0.2, 0.25) is 0 Å². The molecule has 0 saturated carbocycles. The molecule has 3 aromatic rings. The van der Waals surface area contributed by atoms with Crippen molar-refractivity contribution in [3.05, 3.63) is 59.4 Å². The topological polar surface area (TPSA) is 50.8 Å². The van der Waals surface area contributed by atoms with Crippen LogP contribution in [-0.4, -0.2) is 16.2 Å². The first kappa shape index (κ1) is 14.2. The molecule has 4 nitrogen and oxygen atoms in total. The number of rotatable bonds is 4. The summed E-state index contributed by atoms with van der Waals surface area (Å²) in [5.41, 5.74) is 5.25. The summed E-state index contributed by atoms with van der Waals surface area (Å²) in [4.78, 5) is 4.44. The van der Waals surface area contributed by atoms with Crippen LogP contribution < -0.4 is 4.74 Å². The fourth-order valence-corrected chi connectivity index (χ4v) is 2.41. The van der Waals surface area contributed by atoms with Crippen LogP contribution in [0.1, 0.15) is 16.7 Å². The van der Waals surface area contributed by atoms with E-state index in [0.717, 1.165) is 23.3 Å². The van der Waals surface area contributed by atoms with Gasteiger partial charge in [0.25, 0.3) is 0 Å². The SMILES string of the molecule is Cc1cc2ncn(CCOc3cccc(C#N)c3)c2cc1C. The fourth-order valence-electron chi connectivity index (χ4n) is 2.41. The molecule has 22 heavy (non-hydrogen) atoms. The van der Waals surface area contributed by atoms with E-state index in [4.69, 9.17) is 10.00 Å². The maximum absolute atomic E-state index is 8.89. The molecule has 0 aliphatic rings. The molecule has 0 spiro atoms. The lowest BCUT2D eigenvalue weighted by Gasteiger charge is -2.08. The van der Waals surface area contributed by atoms with Crippen LogP contribution in [0.2, 0.25) is 0 Å². The highest BCUT2D eigenvalue weighted by atomic mass is 16.5. The van der Waals surface area contributed by atoms with Crippen LogP contribution >= 0.6 is 0 Å². The van der Waals surface area contributed by atoms with Crippen LogP contribution in [-0.2, 0) is 6.54 Å². The Kier molecular flexibility index (Phi) is 3.80. The number of benzene rings is 2. The summed E-state index contributed by atoms with van der Waals surface area (Å²) < 4.78 is 7.82. The Labute approximate surface area is 129 Å². The average molecular weight is 291 g/mol. The molecule has 0 fully saturated rings. The number of ether oxygens (including phenoxy) is 1. The zero-order chi connectivity index (χ0) is 15.5. The van der Waals surface area contributed by atoms with Crippen LogP contribution in [0.5, 0.6) is 5.75 Å². The first-order valence-electron chi connectivity index (χ1n) is 7.22. The van der Waals surface area contributed by atoms with Crippen molar-refractivity contribution in [2.75, 3.05) is 6.61 Å². The van der Waals surface area contributed by atoms with Crippen molar-refractivity contribution in [2.45, 2.75) is 20.4 Å². The Balaban J connectivity index is 1.72. The minimum Gasteiger partial charge on any atom is -0.492 e. The maximum Gasteiger partial charge on any atom is 0.120 e. The van der Waals surface area contributed by atoms with Gasteiger partial charge in [-0.1, -0.05) is 6.07 Å². The molecule has 0 unspecified atom stereocenters. The second-order valence-corrected chi connectivity index (χ2v) is 5.35. The van der Waals surface area contributed by atoms with Crippen molar-refractivity contribution in [2.24, 2.45) is 0 Å². The van der Waals surface area contributed by atoms with Gasteiger partial charge in [-0.25, -0.2) is 4.98 Å². The average Bonchev–Trinajstić information content (AvgIpc) is 2.90. The van der Waals surface area contributed by atoms with Gasteiger partial charge in [0, 0.05) is 0 Å². The van der Waals surface area contributed by atoms with Crippen LogP contribution in [0.4, 0.5) is 0 Å². The second-order valence-electron chi connectivity index (χ2n) is 5.35. The molecule has 110 valence electrons. The zero-order valence-electron chi connectivity index (χ0n) is 12.7. The predicted molar refractivity (Wildman–Crippen MR) is 85.9 cm³/mol. The van der Waals surface area contributed by atoms with E-state index in [1.54, 1.807) is 12.1 Å². The summed E-state index contributed by atoms with van der Waals surface area (Å²) in [6.45, 7) is 5.46. The van der Waals surface area contributed by atoms with E-state index in [-0.39, 0.29) is 0 Å². The lowest BCUT2D eigenvalue weighted by Crippen LogP contribution is -2.07. The molecule has 0 aliphatic carbocycles. The van der Waals surface area contributed by atoms with Gasteiger partial charge in [-0.2, -0.15) is 5.26 Å². The number of imidazole rings is 1. The highest BCUT2D eigenvalue weighted by molar-refractivity contribution is 5.77. The van der Waals surface area contributed by atoms with Crippen LogP contribution in [0.3, 0.4) is 0 Å². The lowest BCUT2D eigenvalue weighted by molar-refractivity contribution is 0.300. The molecule has 3 rings (SSSR count). The fraction of sp³-hybridized carbons (Fsp3) is 0.222. The third-order valence-electron chi connectivity index (χ3n) is 3.80. The first-order chi connectivity index (χ1) is 10.7. The van der Waals surface area contributed by atoms with E-state index < -0.39 is 0 Å². The van der Waals surface area contributed by atoms with Crippen molar-refractivity contribution in [1.29, 1.82) is 5.26 Å². The van der Waals surface area contributed by atoms with Gasteiger partial charge in [-0.15, -0.1) is 0 Å². The number of aromatic nitrogens is 2. The minimum atomic E-state index is 0.535. The Morgan fingerprint density at radius 1 is 1.18 bits per heavy atom. The van der Waals surface area contributed by atoms with Gasteiger partial charge < -0.3 is 9.30 Å². The van der Waals surface area contributed by atoms with Crippen molar-refractivity contribution in [1.82, 2.24) is 9.55 Å². The molecular weight excluding hydrogens is 274 g/mol. The Bertz CT molecular complexity index is 858. The second kappa shape index (κ2) is 5.90. The third kappa shape index (κ3) is 2.79. The van der Waals surface area contributed by atoms with Gasteiger partial charge in [0.15, 0.2) is 0 Å². The Morgan fingerprint density at radius 3 is 2.82 bits per heavy atom. The molecule has 0 N–H and O–H groups in total. The molecule has 4 heteroatoms. The van der Waals surface area contributed by atoms with Crippen molar-refractivity contribution >= 4 is 11.0 Å². The van der Waals surface area contributed by atoms with Gasteiger partial charge in [-0.05, 0) is 55.3 Å². The zero-order valence-corrected chi connectivity index (χ0v) is 12.7. The van der Waals surface area contributed by atoms with Crippen LogP contribution in [0.15, 0.2) is 42.7 Å². The van der Waals surface area contributed by atoms with Crippen molar-refractivity contribution < 1.29 is 4.74 Å². The van der Waals surface area contributed by atoms with E-state index >= 15 is 0 Å². The number of fused-ring (bicyclic) bond motifs is 1. The number of hydrogen-bond acceptors (Lipinski definition) is 3.